The van der Waals surface area contributed by atoms with Gasteiger partial charge in [-0.1, -0.05) is 49.4 Å². The Labute approximate surface area is 163 Å². The van der Waals surface area contributed by atoms with Crippen molar-refractivity contribution in [3.05, 3.63) is 90.2 Å². The van der Waals surface area contributed by atoms with E-state index < -0.39 is 11.9 Å². The lowest BCUT2D eigenvalue weighted by Crippen LogP contribution is -2.32. The maximum Gasteiger partial charge on any atom is 0.265 e. The summed E-state index contributed by atoms with van der Waals surface area (Å²) >= 11 is 0. The van der Waals surface area contributed by atoms with Gasteiger partial charge in [-0.15, -0.1) is 0 Å². The highest BCUT2D eigenvalue weighted by Crippen LogP contribution is 2.20. The third-order valence-corrected chi connectivity index (χ3v) is 4.14. The number of para-hydroxylation sites is 1. The Kier molecular flexibility index (Phi) is 6.63. The van der Waals surface area contributed by atoms with Crippen molar-refractivity contribution >= 4 is 11.6 Å². The van der Waals surface area contributed by atoms with E-state index in [-0.39, 0.29) is 11.7 Å². The van der Waals surface area contributed by atoms with Crippen LogP contribution in [-0.2, 0) is 11.4 Å². The number of anilines is 1. The third-order valence-electron chi connectivity index (χ3n) is 4.14. The van der Waals surface area contributed by atoms with Crippen molar-refractivity contribution in [1.29, 1.82) is 0 Å². The highest BCUT2D eigenvalue weighted by molar-refractivity contribution is 5.94. The van der Waals surface area contributed by atoms with Gasteiger partial charge in [-0.3, -0.25) is 4.79 Å². The topological polar surface area (TPSA) is 47.6 Å². The van der Waals surface area contributed by atoms with Gasteiger partial charge in [-0.25, -0.2) is 4.39 Å². The number of hydrogen-bond donors (Lipinski definition) is 1. The smallest absolute Gasteiger partial charge is 0.265 e. The van der Waals surface area contributed by atoms with E-state index in [4.69, 9.17) is 9.47 Å². The highest BCUT2D eigenvalue weighted by atomic mass is 19.1. The first-order valence-electron chi connectivity index (χ1n) is 9.14. The van der Waals surface area contributed by atoms with Crippen molar-refractivity contribution in [1.82, 2.24) is 0 Å². The van der Waals surface area contributed by atoms with Gasteiger partial charge in [-0.05, 0) is 48.4 Å². The molecule has 1 N–H and O–H groups in total. The molecule has 1 atom stereocenters. The Morgan fingerprint density at radius 1 is 0.964 bits per heavy atom. The minimum absolute atomic E-state index is 0.0640. The molecule has 0 fully saturated rings. The van der Waals surface area contributed by atoms with E-state index in [1.165, 1.54) is 12.1 Å². The highest BCUT2D eigenvalue weighted by Gasteiger charge is 2.20. The molecular weight excluding hydrogens is 357 g/mol. The van der Waals surface area contributed by atoms with Crippen molar-refractivity contribution in [2.24, 2.45) is 0 Å². The van der Waals surface area contributed by atoms with Crippen molar-refractivity contribution in [2.75, 3.05) is 5.32 Å². The molecule has 5 heteroatoms. The number of hydrogen-bond acceptors (Lipinski definition) is 3. The minimum atomic E-state index is -0.786. The number of benzene rings is 3. The standard InChI is InChI=1S/C23H22FNO3/c1-2-21(28-22-11-7-6-10-20(22)24)23(26)25-18-12-14-19(15-13-18)27-16-17-8-4-3-5-9-17/h3-15,21H,2,16H2,1H3,(H,25,26)/t21-/m1/s1. The van der Waals surface area contributed by atoms with Crippen molar-refractivity contribution in [3.63, 3.8) is 0 Å². The molecule has 0 aromatic heterocycles. The van der Waals surface area contributed by atoms with Crippen LogP contribution in [0, 0.1) is 5.82 Å². The first-order valence-corrected chi connectivity index (χ1v) is 9.14. The number of carbonyl (C=O) groups excluding carboxylic acids is 1. The maximum absolute atomic E-state index is 13.7. The lowest BCUT2D eigenvalue weighted by molar-refractivity contribution is -0.122. The number of ether oxygens (including phenoxy) is 2. The first-order chi connectivity index (χ1) is 13.7. The Morgan fingerprint density at radius 3 is 2.32 bits per heavy atom. The van der Waals surface area contributed by atoms with E-state index in [0.717, 1.165) is 5.56 Å². The zero-order chi connectivity index (χ0) is 19.8. The fraction of sp³-hybridized carbons (Fsp3) is 0.174. The molecule has 0 aliphatic heterocycles. The molecule has 0 saturated heterocycles. The second-order valence-corrected chi connectivity index (χ2v) is 6.23. The summed E-state index contributed by atoms with van der Waals surface area (Å²) in [5.41, 5.74) is 1.70. The minimum Gasteiger partial charge on any atom is -0.489 e. The van der Waals surface area contributed by atoms with Gasteiger partial charge in [0.1, 0.15) is 12.4 Å². The van der Waals surface area contributed by atoms with Gasteiger partial charge in [0.25, 0.3) is 5.91 Å². The summed E-state index contributed by atoms with van der Waals surface area (Å²) in [5.74, 6) is -0.0527. The summed E-state index contributed by atoms with van der Waals surface area (Å²) < 4.78 is 25.0. The van der Waals surface area contributed by atoms with Crippen molar-refractivity contribution < 1.29 is 18.7 Å². The summed E-state index contributed by atoms with van der Waals surface area (Å²) in [7, 11) is 0. The molecule has 3 aromatic carbocycles. The van der Waals surface area contributed by atoms with Crippen LogP contribution in [0.15, 0.2) is 78.9 Å². The van der Waals surface area contributed by atoms with Crippen LogP contribution in [0.5, 0.6) is 11.5 Å². The number of nitrogens with one attached hydrogen (secondary N) is 1. The van der Waals surface area contributed by atoms with Crippen molar-refractivity contribution in [2.45, 2.75) is 26.1 Å². The van der Waals surface area contributed by atoms with Crippen LogP contribution in [0.25, 0.3) is 0 Å². The van der Waals surface area contributed by atoms with Gasteiger partial charge < -0.3 is 14.8 Å². The molecule has 0 heterocycles. The molecule has 3 aromatic rings. The summed E-state index contributed by atoms with van der Waals surface area (Å²) in [6, 6.07) is 23.0. The Morgan fingerprint density at radius 2 is 1.64 bits per heavy atom. The van der Waals surface area contributed by atoms with Crippen LogP contribution in [-0.4, -0.2) is 12.0 Å². The predicted molar refractivity (Wildman–Crippen MR) is 107 cm³/mol. The van der Waals surface area contributed by atoms with Crippen LogP contribution >= 0.6 is 0 Å². The van der Waals surface area contributed by atoms with Gasteiger partial charge in [0, 0.05) is 5.69 Å². The van der Waals surface area contributed by atoms with Gasteiger partial charge in [0.05, 0.1) is 0 Å². The lowest BCUT2D eigenvalue weighted by Gasteiger charge is -2.17. The molecular formula is C23H22FNO3. The summed E-state index contributed by atoms with van der Waals surface area (Å²) in [6.45, 7) is 2.28. The van der Waals surface area contributed by atoms with E-state index in [9.17, 15) is 9.18 Å². The molecule has 3 rings (SSSR count). The average Bonchev–Trinajstić information content (AvgIpc) is 2.73. The molecule has 28 heavy (non-hydrogen) atoms. The Bertz CT molecular complexity index is 897. The van der Waals surface area contributed by atoms with Crippen LogP contribution in [0.2, 0.25) is 0 Å². The molecule has 0 bridgehead atoms. The van der Waals surface area contributed by atoms with E-state index >= 15 is 0 Å². The Hall–Kier alpha value is -3.34. The van der Waals surface area contributed by atoms with E-state index in [0.29, 0.717) is 24.5 Å². The number of rotatable bonds is 8. The zero-order valence-corrected chi connectivity index (χ0v) is 15.6. The summed E-state index contributed by atoms with van der Waals surface area (Å²) in [4.78, 5) is 12.5. The maximum atomic E-state index is 13.7. The molecule has 0 radical (unpaired) electrons. The van der Waals surface area contributed by atoms with Crippen LogP contribution < -0.4 is 14.8 Å². The SMILES string of the molecule is CC[C@@H](Oc1ccccc1F)C(=O)Nc1ccc(OCc2ccccc2)cc1. The lowest BCUT2D eigenvalue weighted by atomic mass is 10.2. The number of halogens is 1. The molecule has 1 amide bonds. The fourth-order valence-electron chi connectivity index (χ4n) is 2.61. The largest absolute Gasteiger partial charge is 0.489 e. The van der Waals surface area contributed by atoms with Crippen LogP contribution in [0.3, 0.4) is 0 Å². The van der Waals surface area contributed by atoms with Gasteiger partial charge in [-0.2, -0.15) is 0 Å². The first kappa shape index (κ1) is 19.4. The quantitative estimate of drug-likeness (QED) is 0.585. The van der Waals surface area contributed by atoms with E-state index in [2.05, 4.69) is 5.32 Å². The molecule has 144 valence electrons. The average molecular weight is 379 g/mol. The van der Waals surface area contributed by atoms with Crippen LogP contribution in [0.1, 0.15) is 18.9 Å². The summed E-state index contributed by atoms with van der Waals surface area (Å²) in [5, 5.41) is 2.79. The van der Waals surface area contributed by atoms with Crippen molar-refractivity contribution in [3.8, 4) is 11.5 Å². The van der Waals surface area contributed by atoms with Gasteiger partial charge in [0.15, 0.2) is 17.7 Å². The van der Waals surface area contributed by atoms with Crippen LogP contribution in [0.4, 0.5) is 10.1 Å². The monoisotopic (exact) mass is 379 g/mol. The summed E-state index contributed by atoms with van der Waals surface area (Å²) in [6.07, 6.45) is -0.371. The predicted octanol–water partition coefficient (Wildman–Crippen LogP) is 5.20. The molecule has 0 spiro atoms. The van der Waals surface area contributed by atoms with Gasteiger partial charge >= 0.3 is 0 Å². The normalized spacial score (nSPS) is 11.5. The number of carbonyl (C=O) groups is 1. The fourth-order valence-corrected chi connectivity index (χ4v) is 2.61. The zero-order valence-electron chi connectivity index (χ0n) is 15.6. The molecule has 0 aliphatic carbocycles. The van der Waals surface area contributed by atoms with E-state index in [1.807, 2.05) is 37.3 Å². The molecule has 4 nitrogen and oxygen atoms in total. The molecule has 0 aliphatic rings. The van der Waals surface area contributed by atoms with Gasteiger partial charge in [0.2, 0.25) is 0 Å². The molecule has 0 unspecified atom stereocenters. The second-order valence-electron chi connectivity index (χ2n) is 6.23. The Balaban J connectivity index is 1.56. The third kappa shape index (κ3) is 5.33. The second kappa shape index (κ2) is 9.55. The van der Waals surface area contributed by atoms with E-state index in [1.54, 1.807) is 36.4 Å². The number of amides is 1. The molecule has 0 saturated carbocycles.